The maximum Gasteiger partial charge on any atom is 0.337 e. The third kappa shape index (κ3) is 4.22. The van der Waals surface area contributed by atoms with Crippen molar-refractivity contribution in [1.29, 1.82) is 0 Å². The largest absolute Gasteiger partial charge is 0.481 e. The number of carboxylic acids is 2. The summed E-state index contributed by atoms with van der Waals surface area (Å²) in [5.41, 5.74) is 1.17. The molecule has 1 heterocycles. The first-order valence-corrected chi connectivity index (χ1v) is 7.45. The number of benzene rings is 1. The lowest BCUT2D eigenvalue weighted by molar-refractivity contribution is -0.147. The molecule has 1 aromatic carbocycles. The molecule has 0 spiro atoms. The molecule has 0 aliphatic heterocycles. The Morgan fingerprint density at radius 1 is 1.35 bits per heavy atom. The van der Waals surface area contributed by atoms with Gasteiger partial charge in [0.05, 0.1) is 25.0 Å². The van der Waals surface area contributed by atoms with Crippen molar-refractivity contribution >= 4 is 40.8 Å². The third-order valence-corrected chi connectivity index (χ3v) is 3.96. The lowest BCUT2D eigenvalue weighted by atomic mass is 10.1. The van der Waals surface area contributed by atoms with E-state index in [0.29, 0.717) is 16.7 Å². The van der Waals surface area contributed by atoms with Gasteiger partial charge in [-0.15, -0.1) is 0 Å². The van der Waals surface area contributed by atoms with Gasteiger partial charge in [0, 0.05) is 5.75 Å². The SMILES string of the molecule is COC(=O)c1ccc2nc(SCC(CC(=O)O)C(=O)O)oc2c1. The van der Waals surface area contributed by atoms with Gasteiger partial charge in [0.25, 0.3) is 5.22 Å². The molecule has 8 nitrogen and oxygen atoms in total. The Bertz CT molecular complexity index is 755. The summed E-state index contributed by atoms with van der Waals surface area (Å²) in [6.07, 6.45) is -0.477. The van der Waals surface area contributed by atoms with E-state index < -0.39 is 30.2 Å². The van der Waals surface area contributed by atoms with Crippen LogP contribution in [0.4, 0.5) is 0 Å². The zero-order chi connectivity index (χ0) is 17.0. The Balaban J connectivity index is 2.12. The van der Waals surface area contributed by atoms with Crippen LogP contribution in [0.5, 0.6) is 0 Å². The molecule has 0 fully saturated rings. The number of esters is 1. The number of thioether (sulfide) groups is 1. The second-order valence-electron chi connectivity index (χ2n) is 4.60. The number of carbonyl (C=O) groups excluding carboxylic acids is 1. The fourth-order valence-corrected chi connectivity index (χ4v) is 2.73. The van der Waals surface area contributed by atoms with Crippen LogP contribution in [-0.4, -0.2) is 46.0 Å². The Morgan fingerprint density at radius 3 is 2.70 bits per heavy atom. The number of oxazole rings is 1. The van der Waals surface area contributed by atoms with Crippen molar-refractivity contribution < 1.29 is 33.8 Å². The minimum Gasteiger partial charge on any atom is -0.481 e. The van der Waals surface area contributed by atoms with Gasteiger partial charge in [0.2, 0.25) is 0 Å². The van der Waals surface area contributed by atoms with Crippen LogP contribution < -0.4 is 0 Å². The van der Waals surface area contributed by atoms with Crippen molar-refractivity contribution in [1.82, 2.24) is 4.98 Å². The number of aliphatic carboxylic acids is 2. The minimum absolute atomic E-state index is 0.0122. The number of nitrogens with zero attached hydrogens (tertiary/aromatic N) is 1. The summed E-state index contributed by atoms with van der Waals surface area (Å²) in [6, 6.07) is 4.60. The van der Waals surface area contributed by atoms with Crippen LogP contribution in [0.1, 0.15) is 16.8 Å². The second-order valence-corrected chi connectivity index (χ2v) is 5.57. The number of carboxylic acid groups (broad SMARTS) is 2. The molecule has 1 aromatic heterocycles. The van der Waals surface area contributed by atoms with Crippen molar-refractivity contribution in [3.8, 4) is 0 Å². The van der Waals surface area contributed by atoms with Crippen LogP contribution in [0.15, 0.2) is 27.8 Å². The molecule has 0 saturated heterocycles. The van der Waals surface area contributed by atoms with Crippen molar-refractivity contribution in [3.63, 3.8) is 0 Å². The maximum absolute atomic E-state index is 11.4. The Kier molecular flexibility index (Phi) is 5.22. The predicted molar refractivity (Wildman–Crippen MR) is 79.5 cm³/mol. The van der Waals surface area contributed by atoms with E-state index in [9.17, 15) is 14.4 Å². The van der Waals surface area contributed by atoms with Crippen LogP contribution in [0.3, 0.4) is 0 Å². The van der Waals surface area contributed by atoms with Gasteiger partial charge in [-0.25, -0.2) is 9.78 Å². The van der Waals surface area contributed by atoms with Crippen LogP contribution in [0.2, 0.25) is 0 Å². The fourth-order valence-electron chi connectivity index (χ4n) is 1.81. The van der Waals surface area contributed by atoms with Crippen LogP contribution in [-0.2, 0) is 14.3 Å². The number of ether oxygens (including phenoxy) is 1. The molecule has 0 saturated carbocycles. The highest BCUT2D eigenvalue weighted by molar-refractivity contribution is 7.99. The molecule has 122 valence electrons. The lowest BCUT2D eigenvalue weighted by Crippen LogP contribution is -2.20. The van der Waals surface area contributed by atoms with Gasteiger partial charge >= 0.3 is 17.9 Å². The molecule has 2 N–H and O–H groups in total. The highest BCUT2D eigenvalue weighted by Gasteiger charge is 2.22. The molecule has 2 rings (SSSR count). The maximum atomic E-state index is 11.4. The Morgan fingerprint density at radius 2 is 2.09 bits per heavy atom. The molecule has 0 aliphatic carbocycles. The Labute approximate surface area is 134 Å². The number of aromatic nitrogens is 1. The Hall–Kier alpha value is -2.55. The van der Waals surface area contributed by atoms with E-state index in [-0.39, 0.29) is 11.0 Å². The van der Waals surface area contributed by atoms with E-state index in [1.165, 1.54) is 19.2 Å². The van der Waals surface area contributed by atoms with Gasteiger partial charge in [0.15, 0.2) is 5.58 Å². The van der Waals surface area contributed by atoms with Crippen LogP contribution in [0, 0.1) is 5.92 Å². The summed E-state index contributed by atoms with van der Waals surface area (Å²) >= 11 is 1.01. The first-order chi connectivity index (χ1) is 10.9. The molecule has 9 heteroatoms. The molecule has 0 aliphatic rings. The molecule has 0 bridgehead atoms. The normalized spacial score (nSPS) is 12.0. The number of hydrogen-bond donors (Lipinski definition) is 2. The molecular weight excluding hydrogens is 326 g/mol. The van der Waals surface area contributed by atoms with E-state index in [0.717, 1.165) is 11.8 Å². The van der Waals surface area contributed by atoms with E-state index in [1.54, 1.807) is 6.07 Å². The lowest BCUT2D eigenvalue weighted by Gasteiger charge is -2.06. The first-order valence-electron chi connectivity index (χ1n) is 6.47. The monoisotopic (exact) mass is 339 g/mol. The summed E-state index contributed by atoms with van der Waals surface area (Å²) in [5.74, 6) is -3.91. The van der Waals surface area contributed by atoms with Crippen LogP contribution >= 0.6 is 11.8 Å². The van der Waals surface area contributed by atoms with E-state index in [2.05, 4.69) is 9.72 Å². The standard InChI is InChI=1S/C14H13NO7S/c1-21-13(20)7-2-3-9-10(4-7)22-14(15-9)23-6-8(12(18)19)5-11(16)17/h2-4,8H,5-6H2,1H3,(H,16,17)(H,18,19). The van der Waals surface area contributed by atoms with Crippen molar-refractivity contribution in [2.45, 2.75) is 11.6 Å². The zero-order valence-corrected chi connectivity index (χ0v) is 12.8. The third-order valence-electron chi connectivity index (χ3n) is 2.97. The highest BCUT2D eigenvalue weighted by atomic mass is 32.2. The molecule has 23 heavy (non-hydrogen) atoms. The minimum atomic E-state index is -1.19. The topological polar surface area (TPSA) is 127 Å². The molecule has 1 unspecified atom stereocenters. The van der Waals surface area contributed by atoms with Crippen molar-refractivity contribution in [3.05, 3.63) is 23.8 Å². The van der Waals surface area contributed by atoms with Crippen molar-refractivity contribution in [2.24, 2.45) is 5.92 Å². The first kappa shape index (κ1) is 16.8. The molecular formula is C14H13NO7S. The van der Waals surface area contributed by atoms with Gasteiger partial charge in [-0.1, -0.05) is 11.8 Å². The number of methoxy groups -OCH3 is 1. The molecule has 0 radical (unpaired) electrons. The second kappa shape index (κ2) is 7.14. The quantitative estimate of drug-likeness (QED) is 0.574. The summed E-state index contributed by atoms with van der Waals surface area (Å²) in [6.45, 7) is 0. The number of fused-ring (bicyclic) bond motifs is 1. The summed E-state index contributed by atoms with van der Waals surface area (Å²) in [5, 5.41) is 17.9. The van der Waals surface area contributed by atoms with Crippen molar-refractivity contribution in [2.75, 3.05) is 12.9 Å². The average Bonchev–Trinajstić information content (AvgIpc) is 2.91. The van der Waals surface area contributed by atoms with Gasteiger partial charge < -0.3 is 19.4 Å². The average molecular weight is 339 g/mol. The number of carbonyl (C=O) groups is 3. The summed E-state index contributed by atoms with van der Waals surface area (Å²) in [4.78, 5) is 37.2. The van der Waals surface area contributed by atoms with Gasteiger partial charge in [-0.05, 0) is 18.2 Å². The van der Waals surface area contributed by atoms with Gasteiger partial charge in [-0.2, -0.15) is 0 Å². The smallest absolute Gasteiger partial charge is 0.337 e. The van der Waals surface area contributed by atoms with E-state index in [4.69, 9.17) is 14.6 Å². The fraction of sp³-hybridized carbons (Fsp3) is 0.286. The summed E-state index contributed by atoms with van der Waals surface area (Å²) < 4.78 is 10.0. The van der Waals surface area contributed by atoms with Gasteiger partial charge in [0.1, 0.15) is 5.52 Å². The molecule has 0 amide bonds. The number of hydrogen-bond acceptors (Lipinski definition) is 7. The van der Waals surface area contributed by atoms with Gasteiger partial charge in [-0.3, -0.25) is 9.59 Å². The van der Waals surface area contributed by atoms with Crippen LogP contribution in [0.25, 0.3) is 11.1 Å². The predicted octanol–water partition coefficient (Wildman–Crippen LogP) is 1.88. The van der Waals surface area contributed by atoms with E-state index in [1.807, 2.05) is 0 Å². The highest BCUT2D eigenvalue weighted by Crippen LogP contribution is 2.26. The summed E-state index contributed by atoms with van der Waals surface area (Å²) in [7, 11) is 1.27. The molecule has 2 aromatic rings. The zero-order valence-electron chi connectivity index (χ0n) is 12.0. The van der Waals surface area contributed by atoms with E-state index >= 15 is 0 Å². The molecule has 1 atom stereocenters. The number of rotatable bonds is 7.